The number of hydrazone groups is 1. The van der Waals surface area contributed by atoms with Gasteiger partial charge in [-0.25, -0.2) is 10.4 Å². The molecule has 2 amide bonds. The van der Waals surface area contributed by atoms with Crippen molar-refractivity contribution in [2.45, 2.75) is 6.92 Å². The molecule has 0 bridgehead atoms. The summed E-state index contributed by atoms with van der Waals surface area (Å²) in [6.45, 7) is 1.56. The van der Waals surface area contributed by atoms with Crippen LogP contribution in [-0.4, -0.2) is 36.7 Å². The standard InChI is InChI=1S/C33H26Cl3N5O4S/c1-19-3-10-25(15-26(19)35)38-30(42)17-45-31-27(36)13-20(14-29(31)44-2)16-37-41-32(43)22-6-4-21(5-7-22)28-18-46-33(40-28)39-24-11-8-23(34)9-12-24/h3-16,18H,17H2,1-2H3,(H,38,42)(H,39,40)(H,41,43)/b37-16-. The molecule has 0 saturated carbocycles. The van der Waals surface area contributed by atoms with Gasteiger partial charge < -0.3 is 20.1 Å². The Morgan fingerprint density at radius 1 is 0.935 bits per heavy atom. The van der Waals surface area contributed by atoms with Crippen molar-refractivity contribution in [3.05, 3.63) is 116 Å². The summed E-state index contributed by atoms with van der Waals surface area (Å²) in [5.74, 6) is -0.321. The van der Waals surface area contributed by atoms with Crippen molar-refractivity contribution in [1.29, 1.82) is 0 Å². The van der Waals surface area contributed by atoms with Gasteiger partial charge in [-0.1, -0.05) is 53.0 Å². The molecule has 5 aromatic rings. The van der Waals surface area contributed by atoms with Crippen LogP contribution < -0.4 is 25.5 Å². The van der Waals surface area contributed by atoms with Crippen molar-refractivity contribution in [1.82, 2.24) is 10.4 Å². The molecular weight excluding hydrogens is 669 g/mol. The molecule has 5 rings (SSSR count). The van der Waals surface area contributed by atoms with E-state index in [-0.39, 0.29) is 23.1 Å². The fourth-order valence-electron chi connectivity index (χ4n) is 4.10. The molecule has 1 heterocycles. The first kappa shape index (κ1) is 32.8. The lowest BCUT2D eigenvalue weighted by atomic mass is 10.1. The normalized spacial score (nSPS) is 10.9. The molecule has 0 fully saturated rings. The van der Waals surface area contributed by atoms with Crippen LogP contribution in [0.3, 0.4) is 0 Å². The minimum atomic E-state index is -0.401. The van der Waals surface area contributed by atoms with Crippen LogP contribution in [0.2, 0.25) is 15.1 Å². The van der Waals surface area contributed by atoms with Gasteiger partial charge >= 0.3 is 0 Å². The Balaban J connectivity index is 1.15. The van der Waals surface area contributed by atoms with Crippen molar-refractivity contribution in [2.24, 2.45) is 5.10 Å². The molecule has 13 heteroatoms. The number of aromatic nitrogens is 1. The third-order valence-corrected chi connectivity index (χ3v) is 8.17. The molecule has 9 nitrogen and oxygen atoms in total. The van der Waals surface area contributed by atoms with Gasteiger partial charge in [-0.3, -0.25) is 9.59 Å². The van der Waals surface area contributed by atoms with Gasteiger partial charge in [-0.05, 0) is 78.7 Å². The van der Waals surface area contributed by atoms with Crippen molar-refractivity contribution in [3.63, 3.8) is 0 Å². The van der Waals surface area contributed by atoms with E-state index in [0.29, 0.717) is 26.9 Å². The Labute approximate surface area is 284 Å². The summed E-state index contributed by atoms with van der Waals surface area (Å²) in [5.41, 5.74) is 7.43. The molecule has 0 radical (unpaired) electrons. The molecule has 0 aliphatic rings. The summed E-state index contributed by atoms with van der Waals surface area (Å²) >= 11 is 20.0. The highest BCUT2D eigenvalue weighted by atomic mass is 35.5. The lowest BCUT2D eigenvalue weighted by molar-refractivity contribution is -0.118. The van der Waals surface area contributed by atoms with E-state index in [1.165, 1.54) is 24.7 Å². The maximum Gasteiger partial charge on any atom is 0.271 e. The first-order chi connectivity index (χ1) is 22.2. The molecule has 46 heavy (non-hydrogen) atoms. The summed E-state index contributed by atoms with van der Waals surface area (Å²) < 4.78 is 11.1. The number of halogens is 3. The van der Waals surface area contributed by atoms with E-state index < -0.39 is 11.8 Å². The van der Waals surface area contributed by atoms with Crippen LogP contribution in [0.5, 0.6) is 11.5 Å². The largest absolute Gasteiger partial charge is 0.493 e. The summed E-state index contributed by atoms with van der Waals surface area (Å²) in [6, 6.07) is 22.8. The van der Waals surface area contributed by atoms with Crippen LogP contribution >= 0.6 is 46.1 Å². The SMILES string of the molecule is COc1cc(/C=N\NC(=O)c2ccc(-c3csc(Nc4ccc(Cl)cc4)n3)cc2)cc(Cl)c1OCC(=O)Nc1ccc(C)c(Cl)c1. The predicted octanol–water partition coefficient (Wildman–Crippen LogP) is 8.61. The Morgan fingerprint density at radius 3 is 2.39 bits per heavy atom. The number of rotatable bonds is 11. The third-order valence-electron chi connectivity index (χ3n) is 6.48. The number of nitrogens with zero attached hydrogens (tertiary/aromatic N) is 2. The van der Waals surface area contributed by atoms with Crippen molar-refractivity contribution >= 4 is 80.7 Å². The number of hydrogen-bond donors (Lipinski definition) is 3. The van der Waals surface area contributed by atoms with E-state index in [4.69, 9.17) is 44.3 Å². The van der Waals surface area contributed by atoms with Crippen LogP contribution in [0.4, 0.5) is 16.5 Å². The van der Waals surface area contributed by atoms with Crippen molar-refractivity contribution in [3.8, 4) is 22.8 Å². The summed E-state index contributed by atoms with van der Waals surface area (Å²) in [7, 11) is 1.45. The Bertz CT molecular complexity index is 1900. The highest BCUT2D eigenvalue weighted by Gasteiger charge is 2.14. The first-order valence-electron chi connectivity index (χ1n) is 13.7. The zero-order chi connectivity index (χ0) is 32.6. The van der Waals surface area contributed by atoms with Gasteiger partial charge in [-0.2, -0.15) is 5.10 Å². The van der Waals surface area contributed by atoms with Crippen LogP contribution in [0.25, 0.3) is 11.3 Å². The molecule has 0 spiro atoms. The molecule has 0 aliphatic carbocycles. The van der Waals surface area contributed by atoms with E-state index in [0.717, 1.165) is 27.6 Å². The monoisotopic (exact) mass is 693 g/mol. The van der Waals surface area contributed by atoms with E-state index in [2.05, 4.69) is 26.1 Å². The average molecular weight is 695 g/mol. The zero-order valence-electron chi connectivity index (χ0n) is 24.4. The van der Waals surface area contributed by atoms with Gasteiger partial charge in [-0.15, -0.1) is 11.3 Å². The van der Waals surface area contributed by atoms with Crippen LogP contribution in [0, 0.1) is 6.92 Å². The minimum absolute atomic E-state index is 0.190. The second kappa shape index (κ2) is 15.1. The summed E-state index contributed by atoms with van der Waals surface area (Å²) in [4.78, 5) is 29.7. The van der Waals surface area contributed by atoms with Gasteiger partial charge in [0, 0.05) is 37.9 Å². The number of nitrogens with one attached hydrogen (secondary N) is 3. The number of thiazole rings is 1. The molecule has 4 aromatic carbocycles. The Morgan fingerprint density at radius 2 is 1.67 bits per heavy atom. The van der Waals surface area contributed by atoms with E-state index in [1.54, 1.807) is 54.6 Å². The zero-order valence-corrected chi connectivity index (χ0v) is 27.5. The van der Waals surface area contributed by atoms with Crippen molar-refractivity contribution in [2.75, 3.05) is 24.4 Å². The molecule has 0 saturated heterocycles. The van der Waals surface area contributed by atoms with Crippen molar-refractivity contribution < 1.29 is 19.1 Å². The van der Waals surface area contributed by atoms with Gasteiger partial charge in [0.2, 0.25) is 0 Å². The molecule has 0 unspecified atom stereocenters. The number of benzene rings is 4. The van der Waals surface area contributed by atoms with Crippen LogP contribution in [0.15, 0.2) is 89.3 Å². The van der Waals surface area contributed by atoms with Crippen LogP contribution in [0.1, 0.15) is 21.5 Å². The number of hydrogen-bond acceptors (Lipinski definition) is 8. The maximum absolute atomic E-state index is 12.7. The van der Waals surface area contributed by atoms with E-state index >= 15 is 0 Å². The second-order valence-corrected chi connectivity index (χ2v) is 11.9. The summed E-state index contributed by atoms with van der Waals surface area (Å²) in [5, 5.41) is 14.1. The summed E-state index contributed by atoms with van der Waals surface area (Å²) in [6.07, 6.45) is 1.42. The lowest BCUT2D eigenvalue weighted by Crippen LogP contribution is -2.20. The number of carbonyl (C=O) groups is 2. The minimum Gasteiger partial charge on any atom is -0.493 e. The second-order valence-electron chi connectivity index (χ2n) is 9.78. The molecule has 0 atom stereocenters. The highest BCUT2D eigenvalue weighted by Crippen LogP contribution is 2.36. The molecular formula is C33H26Cl3N5O4S. The molecule has 0 aliphatic heterocycles. The number of aryl methyl sites for hydroxylation is 1. The number of anilines is 3. The topological polar surface area (TPSA) is 114 Å². The fraction of sp³-hybridized carbons (Fsp3) is 0.0909. The van der Waals surface area contributed by atoms with E-state index in [1.807, 2.05) is 36.6 Å². The highest BCUT2D eigenvalue weighted by molar-refractivity contribution is 7.14. The van der Waals surface area contributed by atoms with E-state index in [9.17, 15) is 9.59 Å². The number of methoxy groups -OCH3 is 1. The fourth-order valence-corrected chi connectivity index (χ4v) is 5.42. The molecule has 3 N–H and O–H groups in total. The van der Waals surface area contributed by atoms with Gasteiger partial charge in [0.25, 0.3) is 11.8 Å². The number of amides is 2. The quantitative estimate of drug-likeness (QED) is 0.0943. The predicted molar refractivity (Wildman–Crippen MR) is 186 cm³/mol. The maximum atomic E-state index is 12.7. The number of carbonyl (C=O) groups excluding carboxylic acids is 2. The first-order valence-corrected chi connectivity index (χ1v) is 15.7. The lowest BCUT2D eigenvalue weighted by Gasteiger charge is -2.13. The van der Waals surface area contributed by atoms with Gasteiger partial charge in [0.05, 0.1) is 24.0 Å². The van der Waals surface area contributed by atoms with Gasteiger partial charge in [0.15, 0.2) is 23.2 Å². The third kappa shape index (κ3) is 8.55. The number of ether oxygens (including phenoxy) is 2. The molecule has 234 valence electrons. The van der Waals surface area contributed by atoms with Gasteiger partial charge in [0.1, 0.15) is 0 Å². The molecule has 1 aromatic heterocycles. The average Bonchev–Trinajstić information content (AvgIpc) is 3.51. The van der Waals surface area contributed by atoms with Crippen LogP contribution in [-0.2, 0) is 4.79 Å². The smallest absolute Gasteiger partial charge is 0.271 e. The Hall–Kier alpha value is -4.61. The Kier molecular flexibility index (Phi) is 10.8.